The van der Waals surface area contributed by atoms with Crippen molar-refractivity contribution in [3.05, 3.63) is 71.0 Å². The highest BCUT2D eigenvalue weighted by atomic mass is 35.5. The van der Waals surface area contributed by atoms with Crippen molar-refractivity contribution in [2.24, 2.45) is 5.92 Å². The number of benzene rings is 2. The predicted octanol–water partition coefficient (Wildman–Crippen LogP) is 3.81. The van der Waals surface area contributed by atoms with Crippen LogP contribution in [-0.2, 0) is 16.6 Å². The molecule has 1 N–H and O–H groups in total. The van der Waals surface area contributed by atoms with Gasteiger partial charge in [-0.15, -0.1) is 0 Å². The second kappa shape index (κ2) is 9.88. The highest BCUT2D eigenvalue weighted by molar-refractivity contribution is 7.90. The number of amides is 1. The fourth-order valence-electron chi connectivity index (χ4n) is 3.71. The molecule has 4 rings (SSSR count). The number of rotatable bonds is 8. The van der Waals surface area contributed by atoms with E-state index in [1.54, 1.807) is 16.8 Å². The largest absolute Gasteiger partial charge is 0.492 e. The normalized spacial score (nSPS) is 14.4. The van der Waals surface area contributed by atoms with Gasteiger partial charge in [-0.1, -0.05) is 36.6 Å². The summed E-state index contributed by atoms with van der Waals surface area (Å²) in [6.45, 7) is 0.831. The lowest BCUT2D eigenvalue weighted by Gasteiger charge is -2.14. The number of nitrogens with one attached hydrogen (secondary N) is 1. The zero-order chi connectivity index (χ0) is 23.4. The van der Waals surface area contributed by atoms with Crippen LogP contribution in [0.15, 0.2) is 53.9 Å². The van der Waals surface area contributed by atoms with Crippen molar-refractivity contribution in [1.29, 1.82) is 0 Å². The zero-order valence-corrected chi connectivity index (χ0v) is 19.2. The van der Waals surface area contributed by atoms with Crippen LogP contribution in [0, 0.1) is 11.7 Å². The van der Waals surface area contributed by atoms with E-state index in [2.05, 4.69) is 10.1 Å². The molecule has 0 aliphatic heterocycles. The standard InChI is InChI=1S/C22H22ClFN4O4S/c23-19-9-18(20(24)10-21(19)32-12-16-3-1-2-4-16)22(29)27-33(30,31)17-7-5-15(6-8-17)11-28-14-25-13-26-28/h5-10,13-14,16H,1-4,11-12H2,(H,27,29). The molecule has 1 saturated carbocycles. The minimum Gasteiger partial charge on any atom is -0.492 e. The molecule has 0 radical (unpaired) electrons. The van der Waals surface area contributed by atoms with Crippen molar-refractivity contribution in [3.8, 4) is 5.75 Å². The molecule has 11 heteroatoms. The first-order chi connectivity index (χ1) is 15.8. The molecule has 0 bridgehead atoms. The maximum atomic E-state index is 14.6. The average Bonchev–Trinajstić information content (AvgIpc) is 3.48. The van der Waals surface area contributed by atoms with Crippen LogP contribution in [0.1, 0.15) is 41.6 Å². The highest BCUT2D eigenvalue weighted by Gasteiger charge is 2.23. The quantitative estimate of drug-likeness (QED) is 0.513. The summed E-state index contributed by atoms with van der Waals surface area (Å²) in [4.78, 5) is 16.2. The molecule has 33 heavy (non-hydrogen) atoms. The summed E-state index contributed by atoms with van der Waals surface area (Å²) >= 11 is 6.16. The molecule has 8 nitrogen and oxygen atoms in total. The summed E-state index contributed by atoms with van der Waals surface area (Å²) in [5, 5.41) is 4.02. The zero-order valence-electron chi connectivity index (χ0n) is 17.6. The van der Waals surface area contributed by atoms with E-state index >= 15 is 0 Å². The first-order valence-electron chi connectivity index (χ1n) is 10.4. The Morgan fingerprint density at radius 1 is 1.21 bits per heavy atom. The second-order valence-corrected chi connectivity index (χ2v) is 9.99. The van der Waals surface area contributed by atoms with Crippen molar-refractivity contribution in [3.63, 3.8) is 0 Å². The van der Waals surface area contributed by atoms with E-state index in [0.29, 0.717) is 19.1 Å². The summed E-state index contributed by atoms with van der Waals surface area (Å²) in [5.74, 6) is -1.51. The molecule has 0 saturated heterocycles. The number of halogens is 2. The minimum atomic E-state index is -4.22. The molecule has 1 aliphatic carbocycles. The van der Waals surface area contributed by atoms with Gasteiger partial charge in [-0.2, -0.15) is 5.10 Å². The van der Waals surface area contributed by atoms with Gasteiger partial charge in [0.25, 0.3) is 15.9 Å². The topological polar surface area (TPSA) is 103 Å². The first-order valence-corrected chi connectivity index (χ1v) is 12.3. The number of carbonyl (C=O) groups is 1. The van der Waals surface area contributed by atoms with Gasteiger partial charge in [0.05, 0.1) is 28.6 Å². The fourth-order valence-corrected chi connectivity index (χ4v) is 4.89. The van der Waals surface area contributed by atoms with Gasteiger partial charge in [-0.25, -0.2) is 27.2 Å². The molecule has 0 spiro atoms. The Hall–Kier alpha value is -2.98. The Morgan fingerprint density at radius 3 is 2.61 bits per heavy atom. The highest BCUT2D eigenvalue weighted by Crippen LogP contribution is 2.31. The molecule has 0 atom stereocenters. The molecule has 0 unspecified atom stereocenters. The van der Waals surface area contributed by atoms with Crippen molar-refractivity contribution in [1.82, 2.24) is 19.5 Å². The number of carbonyl (C=O) groups excluding carboxylic acids is 1. The number of hydrogen-bond acceptors (Lipinski definition) is 6. The molecule has 1 aromatic heterocycles. The van der Waals surface area contributed by atoms with E-state index in [-0.39, 0.29) is 15.7 Å². The SMILES string of the molecule is O=C(NS(=O)(=O)c1ccc(Cn2cncn2)cc1)c1cc(Cl)c(OCC2CCCC2)cc1F. The van der Waals surface area contributed by atoms with Gasteiger partial charge >= 0.3 is 0 Å². The van der Waals surface area contributed by atoms with Gasteiger partial charge in [-0.05, 0) is 42.5 Å². The van der Waals surface area contributed by atoms with Crippen molar-refractivity contribution in [2.75, 3.05) is 6.61 Å². The minimum absolute atomic E-state index is 0.0365. The Labute approximate surface area is 195 Å². The van der Waals surface area contributed by atoms with Gasteiger partial charge in [0, 0.05) is 6.07 Å². The first kappa shape index (κ1) is 23.2. The number of nitrogens with zero attached hydrogens (tertiary/aromatic N) is 3. The Bertz CT molecular complexity index is 1230. The maximum absolute atomic E-state index is 14.6. The lowest BCUT2D eigenvalue weighted by Crippen LogP contribution is -2.31. The molecule has 1 aliphatic rings. The van der Waals surface area contributed by atoms with E-state index in [0.717, 1.165) is 43.4 Å². The average molecular weight is 493 g/mol. The summed E-state index contributed by atoms with van der Waals surface area (Å²) in [6.07, 6.45) is 7.34. The smallest absolute Gasteiger partial charge is 0.268 e. The maximum Gasteiger partial charge on any atom is 0.268 e. The van der Waals surface area contributed by atoms with E-state index in [1.165, 1.54) is 24.8 Å². The third-order valence-corrected chi connectivity index (χ3v) is 7.13. The molecule has 3 aromatic rings. The summed E-state index contributed by atoms with van der Waals surface area (Å²) in [7, 11) is -4.22. The molecule has 2 aromatic carbocycles. The van der Waals surface area contributed by atoms with Gasteiger partial charge < -0.3 is 4.74 Å². The van der Waals surface area contributed by atoms with Crippen LogP contribution in [0.3, 0.4) is 0 Å². The van der Waals surface area contributed by atoms with Crippen LogP contribution in [0.4, 0.5) is 4.39 Å². The van der Waals surface area contributed by atoms with Crippen LogP contribution < -0.4 is 9.46 Å². The van der Waals surface area contributed by atoms with Crippen LogP contribution >= 0.6 is 11.6 Å². The molecule has 1 fully saturated rings. The van der Waals surface area contributed by atoms with Gasteiger partial charge in [-0.3, -0.25) is 4.79 Å². The third-order valence-electron chi connectivity index (χ3n) is 5.49. The Morgan fingerprint density at radius 2 is 1.94 bits per heavy atom. The lowest BCUT2D eigenvalue weighted by molar-refractivity contribution is 0.0977. The lowest BCUT2D eigenvalue weighted by atomic mass is 10.1. The van der Waals surface area contributed by atoms with Crippen LogP contribution in [-0.4, -0.2) is 35.7 Å². The molecule has 174 valence electrons. The van der Waals surface area contributed by atoms with E-state index in [1.807, 2.05) is 4.72 Å². The van der Waals surface area contributed by atoms with Crippen LogP contribution in [0.5, 0.6) is 5.75 Å². The summed E-state index contributed by atoms with van der Waals surface area (Å²) in [6, 6.07) is 7.98. The van der Waals surface area contributed by atoms with Crippen LogP contribution in [0.25, 0.3) is 0 Å². The van der Waals surface area contributed by atoms with Gasteiger partial charge in [0.15, 0.2) is 0 Å². The molecule has 1 amide bonds. The Kier molecular flexibility index (Phi) is 6.94. The molecular formula is C22H22ClFN4O4S. The molecular weight excluding hydrogens is 471 g/mol. The van der Waals surface area contributed by atoms with E-state index in [9.17, 15) is 17.6 Å². The van der Waals surface area contributed by atoms with Crippen LogP contribution in [0.2, 0.25) is 5.02 Å². The van der Waals surface area contributed by atoms with Crippen molar-refractivity contribution < 1.29 is 22.3 Å². The number of aromatic nitrogens is 3. The number of sulfonamides is 1. The Balaban J connectivity index is 1.43. The van der Waals surface area contributed by atoms with Crippen molar-refractivity contribution in [2.45, 2.75) is 37.1 Å². The second-order valence-electron chi connectivity index (χ2n) is 7.90. The number of hydrogen-bond donors (Lipinski definition) is 1. The third kappa shape index (κ3) is 5.69. The van der Waals surface area contributed by atoms with E-state index in [4.69, 9.17) is 16.3 Å². The van der Waals surface area contributed by atoms with Gasteiger partial charge in [0.2, 0.25) is 0 Å². The fraction of sp³-hybridized carbons (Fsp3) is 0.318. The summed E-state index contributed by atoms with van der Waals surface area (Å²) < 4.78 is 48.9. The monoisotopic (exact) mass is 492 g/mol. The van der Waals surface area contributed by atoms with Gasteiger partial charge in [0.1, 0.15) is 24.2 Å². The van der Waals surface area contributed by atoms with Crippen molar-refractivity contribution >= 4 is 27.5 Å². The van der Waals surface area contributed by atoms with E-state index < -0.39 is 27.3 Å². The predicted molar refractivity (Wildman–Crippen MR) is 119 cm³/mol. The molecule has 1 heterocycles. The summed E-state index contributed by atoms with van der Waals surface area (Å²) in [5.41, 5.74) is 0.302. The number of ether oxygens (including phenoxy) is 1.